The molecule has 0 N–H and O–H groups in total. The second-order valence-corrected chi connectivity index (χ2v) is 10.0. The molecule has 1 saturated heterocycles. The van der Waals surface area contributed by atoms with Crippen LogP contribution in [0.4, 0.5) is 5.69 Å². The van der Waals surface area contributed by atoms with Crippen molar-refractivity contribution >= 4 is 44.6 Å². The molecule has 2 atom stereocenters. The number of sulfone groups is 1. The van der Waals surface area contributed by atoms with Crippen LogP contribution in [-0.2, 0) is 14.6 Å². The van der Waals surface area contributed by atoms with Crippen LogP contribution in [0, 0.1) is 0 Å². The summed E-state index contributed by atoms with van der Waals surface area (Å²) in [5.41, 5.74) is 2.07. The number of aliphatic imine (C=N–C) groups is 1. The lowest BCUT2D eigenvalue weighted by Gasteiger charge is -2.31. The average Bonchev–Trinajstić information content (AvgIpc) is 3.27. The molecule has 9 heteroatoms. The molecular weight excluding hydrogens is 384 g/mol. The van der Waals surface area contributed by atoms with E-state index in [4.69, 9.17) is 4.99 Å². The third-order valence-corrected chi connectivity index (χ3v) is 7.85. The lowest BCUT2D eigenvalue weighted by molar-refractivity contribution is -0.129. The van der Waals surface area contributed by atoms with E-state index in [-0.39, 0.29) is 35.2 Å². The van der Waals surface area contributed by atoms with E-state index in [2.05, 4.69) is 11.2 Å². The van der Waals surface area contributed by atoms with Gasteiger partial charge in [0, 0.05) is 30.8 Å². The first-order valence-corrected chi connectivity index (χ1v) is 11.9. The SMILES string of the molecule is CCN(C(=O)CSC1=Nc2ccccc2[C@H]2CC=NN12)[C@H]1CCS(=O)(=O)C1. The topological polar surface area (TPSA) is 82.4 Å². The largest absolute Gasteiger partial charge is 0.338 e. The smallest absolute Gasteiger partial charge is 0.233 e. The van der Waals surface area contributed by atoms with Crippen molar-refractivity contribution in [2.24, 2.45) is 10.1 Å². The molecule has 4 rings (SSSR count). The number of fused-ring (bicyclic) bond motifs is 3. The van der Waals surface area contributed by atoms with Crippen molar-refractivity contribution in [3.8, 4) is 0 Å². The zero-order valence-electron chi connectivity index (χ0n) is 15.1. The van der Waals surface area contributed by atoms with Gasteiger partial charge in [-0.05, 0) is 19.4 Å². The molecule has 1 aromatic carbocycles. The molecule has 0 bridgehead atoms. The van der Waals surface area contributed by atoms with Gasteiger partial charge in [0.15, 0.2) is 15.0 Å². The van der Waals surface area contributed by atoms with E-state index < -0.39 is 9.84 Å². The summed E-state index contributed by atoms with van der Waals surface area (Å²) in [7, 11) is -3.02. The predicted molar refractivity (Wildman–Crippen MR) is 108 cm³/mol. The molecule has 7 nitrogen and oxygen atoms in total. The average molecular weight is 407 g/mol. The predicted octanol–water partition coefficient (Wildman–Crippen LogP) is 2.19. The Morgan fingerprint density at radius 2 is 2.19 bits per heavy atom. The van der Waals surface area contributed by atoms with Crippen molar-refractivity contribution in [2.75, 3.05) is 23.8 Å². The first-order valence-electron chi connectivity index (χ1n) is 9.10. The maximum atomic E-state index is 12.8. The highest BCUT2D eigenvalue weighted by Gasteiger charge is 2.35. The number of para-hydroxylation sites is 1. The van der Waals surface area contributed by atoms with Crippen LogP contribution in [0.15, 0.2) is 34.4 Å². The zero-order chi connectivity index (χ0) is 19.0. The number of hydrazone groups is 1. The summed E-state index contributed by atoms with van der Waals surface area (Å²) < 4.78 is 23.5. The maximum Gasteiger partial charge on any atom is 0.233 e. The standard InChI is InChI=1S/C18H22N4O3S2/c1-2-21(13-8-10-27(24,25)12-13)17(23)11-26-18-20-15-6-4-3-5-14(15)16-7-9-19-22(16)18/h3-6,9,13,16H,2,7-8,10-12H2,1H3/t13-,16+/m0/s1. The van der Waals surface area contributed by atoms with Crippen LogP contribution < -0.4 is 0 Å². The molecule has 0 saturated carbocycles. The number of hydrogen-bond donors (Lipinski definition) is 0. The molecular formula is C18H22N4O3S2. The van der Waals surface area contributed by atoms with Gasteiger partial charge in [0.2, 0.25) is 5.91 Å². The molecule has 144 valence electrons. The Bertz CT molecular complexity index is 913. The molecule has 0 spiro atoms. The number of amidine groups is 1. The Balaban J connectivity index is 1.47. The fourth-order valence-electron chi connectivity index (χ4n) is 3.85. The fourth-order valence-corrected chi connectivity index (χ4v) is 6.47. The lowest BCUT2D eigenvalue weighted by Crippen LogP contribution is -2.42. The minimum absolute atomic E-state index is 0.0501. The van der Waals surface area contributed by atoms with E-state index in [9.17, 15) is 13.2 Å². The summed E-state index contributed by atoms with van der Waals surface area (Å²) in [6.45, 7) is 2.40. The van der Waals surface area contributed by atoms with Crippen LogP contribution >= 0.6 is 11.8 Å². The Kier molecular flexibility index (Phi) is 4.98. The summed E-state index contributed by atoms with van der Waals surface area (Å²) in [4.78, 5) is 19.1. The van der Waals surface area contributed by atoms with Crippen molar-refractivity contribution < 1.29 is 13.2 Å². The van der Waals surface area contributed by atoms with Crippen molar-refractivity contribution in [1.82, 2.24) is 9.91 Å². The third kappa shape index (κ3) is 3.62. The highest BCUT2D eigenvalue weighted by molar-refractivity contribution is 8.14. The van der Waals surface area contributed by atoms with Gasteiger partial charge in [0.25, 0.3) is 0 Å². The number of rotatable bonds is 4. The van der Waals surface area contributed by atoms with Gasteiger partial charge < -0.3 is 4.90 Å². The summed E-state index contributed by atoms with van der Waals surface area (Å²) in [5, 5.41) is 7.03. The molecule has 1 fully saturated rings. The molecule has 3 aliphatic heterocycles. The van der Waals surface area contributed by atoms with Gasteiger partial charge in [-0.2, -0.15) is 5.10 Å². The number of thioether (sulfide) groups is 1. The number of carbonyl (C=O) groups excluding carboxylic acids is 1. The normalized spacial score (nSPS) is 25.1. The maximum absolute atomic E-state index is 12.8. The molecule has 0 radical (unpaired) electrons. The van der Waals surface area contributed by atoms with Gasteiger partial charge in [0.1, 0.15) is 0 Å². The summed E-state index contributed by atoms with van der Waals surface area (Å²) in [6, 6.07) is 7.94. The molecule has 3 aliphatic rings. The van der Waals surface area contributed by atoms with Crippen LogP contribution in [-0.4, -0.2) is 65.5 Å². The van der Waals surface area contributed by atoms with Crippen LogP contribution in [0.3, 0.4) is 0 Å². The first-order chi connectivity index (χ1) is 13.0. The second-order valence-electron chi connectivity index (χ2n) is 6.87. The van der Waals surface area contributed by atoms with Gasteiger partial charge >= 0.3 is 0 Å². The monoisotopic (exact) mass is 406 g/mol. The molecule has 3 heterocycles. The summed E-state index contributed by atoms with van der Waals surface area (Å²) >= 11 is 1.37. The van der Waals surface area contributed by atoms with E-state index in [1.165, 1.54) is 11.8 Å². The quantitative estimate of drug-likeness (QED) is 0.765. The number of carbonyl (C=O) groups is 1. The summed E-state index contributed by atoms with van der Waals surface area (Å²) in [5.74, 6) is 0.419. The van der Waals surface area contributed by atoms with Gasteiger partial charge in [-0.25, -0.2) is 18.4 Å². The van der Waals surface area contributed by atoms with Gasteiger partial charge in [-0.3, -0.25) is 4.79 Å². The number of hydrogen-bond acceptors (Lipinski definition) is 7. The third-order valence-electron chi connectivity index (χ3n) is 5.17. The molecule has 1 aromatic rings. The molecule has 0 aliphatic carbocycles. The van der Waals surface area contributed by atoms with Crippen LogP contribution in [0.1, 0.15) is 31.4 Å². The van der Waals surface area contributed by atoms with E-state index in [1.807, 2.05) is 36.3 Å². The van der Waals surface area contributed by atoms with Crippen molar-refractivity contribution in [1.29, 1.82) is 0 Å². The molecule has 27 heavy (non-hydrogen) atoms. The van der Waals surface area contributed by atoms with Crippen LogP contribution in [0.5, 0.6) is 0 Å². The Morgan fingerprint density at radius 3 is 2.93 bits per heavy atom. The first kappa shape index (κ1) is 18.5. The lowest BCUT2D eigenvalue weighted by atomic mass is 10.0. The number of nitrogens with zero attached hydrogens (tertiary/aromatic N) is 4. The second kappa shape index (κ2) is 7.27. The number of amides is 1. The zero-order valence-corrected chi connectivity index (χ0v) is 16.7. The van der Waals surface area contributed by atoms with Gasteiger partial charge in [0.05, 0.1) is 29.0 Å². The van der Waals surface area contributed by atoms with E-state index in [1.54, 1.807) is 4.90 Å². The number of benzene rings is 1. The minimum atomic E-state index is -3.02. The fraction of sp³-hybridized carbons (Fsp3) is 0.500. The van der Waals surface area contributed by atoms with Crippen molar-refractivity contribution in [3.63, 3.8) is 0 Å². The molecule has 0 unspecified atom stereocenters. The Labute approximate surface area is 163 Å². The summed E-state index contributed by atoms with van der Waals surface area (Å²) in [6.07, 6.45) is 3.23. The van der Waals surface area contributed by atoms with E-state index >= 15 is 0 Å². The van der Waals surface area contributed by atoms with Crippen molar-refractivity contribution in [3.05, 3.63) is 29.8 Å². The Hall–Kier alpha value is -1.87. The van der Waals surface area contributed by atoms with Gasteiger partial charge in [-0.15, -0.1) is 0 Å². The van der Waals surface area contributed by atoms with E-state index in [0.29, 0.717) is 13.0 Å². The van der Waals surface area contributed by atoms with Crippen LogP contribution in [0.25, 0.3) is 0 Å². The molecule has 1 amide bonds. The Morgan fingerprint density at radius 1 is 1.37 bits per heavy atom. The molecule has 0 aromatic heterocycles. The van der Waals surface area contributed by atoms with Crippen LogP contribution in [0.2, 0.25) is 0 Å². The minimum Gasteiger partial charge on any atom is -0.338 e. The van der Waals surface area contributed by atoms with E-state index in [0.717, 1.165) is 22.8 Å². The highest BCUT2D eigenvalue weighted by Crippen LogP contribution is 2.40. The highest BCUT2D eigenvalue weighted by atomic mass is 32.2. The van der Waals surface area contributed by atoms with Gasteiger partial charge in [-0.1, -0.05) is 30.0 Å². The van der Waals surface area contributed by atoms with Crippen molar-refractivity contribution in [2.45, 2.75) is 31.8 Å².